The summed E-state index contributed by atoms with van der Waals surface area (Å²) in [6.07, 6.45) is 2.88. The molecule has 3 nitrogen and oxygen atoms in total. The van der Waals surface area contributed by atoms with E-state index < -0.39 is 5.72 Å². The Morgan fingerprint density at radius 2 is 2.13 bits per heavy atom. The molecule has 2 aliphatic heterocycles. The predicted octanol–water partition coefficient (Wildman–Crippen LogP) is 2.19. The lowest BCUT2D eigenvalue weighted by Crippen LogP contribution is -2.46. The van der Waals surface area contributed by atoms with Gasteiger partial charge in [-0.05, 0) is 25.0 Å². The third-order valence-corrected chi connectivity index (χ3v) is 3.15. The molecule has 1 aromatic carbocycles. The smallest absolute Gasteiger partial charge is 0.217 e. The van der Waals surface area contributed by atoms with Crippen LogP contribution >= 0.6 is 0 Å². The van der Waals surface area contributed by atoms with E-state index in [2.05, 4.69) is 5.32 Å². The average Bonchev–Trinajstić information content (AvgIpc) is 2.54. The lowest BCUT2D eigenvalue weighted by atomic mass is 9.97. The Hall–Kier alpha value is -1.35. The molecule has 0 bridgehead atoms. The van der Waals surface area contributed by atoms with Crippen molar-refractivity contribution in [1.82, 2.24) is 0 Å². The van der Waals surface area contributed by atoms with E-state index in [9.17, 15) is 4.79 Å². The summed E-state index contributed by atoms with van der Waals surface area (Å²) in [5.41, 5.74) is 0.922. The van der Waals surface area contributed by atoms with Gasteiger partial charge in [0.15, 0.2) is 0 Å². The zero-order chi connectivity index (χ0) is 10.3. The van der Waals surface area contributed by atoms with E-state index in [-0.39, 0.29) is 5.78 Å². The van der Waals surface area contributed by atoms with Crippen LogP contribution in [-0.4, -0.2) is 18.1 Å². The standard InChI is InChI=1S/C12H13NO2/c14-11-9-5-1-2-6-10(9)13-12(11)7-3-4-8-15-12/h1-2,5-6,13H,3-4,7-8H2/t12-/m1/s1. The van der Waals surface area contributed by atoms with Crippen LogP contribution in [-0.2, 0) is 4.74 Å². The van der Waals surface area contributed by atoms with E-state index in [0.717, 1.165) is 30.5 Å². The summed E-state index contributed by atoms with van der Waals surface area (Å²) in [5.74, 6) is 0.0952. The van der Waals surface area contributed by atoms with Crippen LogP contribution in [0.3, 0.4) is 0 Å². The van der Waals surface area contributed by atoms with Crippen molar-refractivity contribution >= 4 is 11.5 Å². The van der Waals surface area contributed by atoms with Crippen LogP contribution in [0.25, 0.3) is 0 Å². The minimum atomic E-state index is -0.748. The molecule has 0 aromatic heterocycles. The Kier molecular flexibility index (Phi) is 1.83. The van der Waals surface area contributed by atoms with E-state index in [0.29, 0.717) is 6.61 Å². The van der Waals surface area contributed by atoms with Crippen LogP contribution in [0.5, 0.6) is 0 Å². The number of para-hydroxylation sites is 1. The number of rotatable bonds is 0. The van der Waals surface area contributed by atoms with Gasteiger partial charge in [0.2, 0.25) is 11.5 Å². The second kappa shape index (κ2) is 3.07. The first-order valence-corrected chi connectivity index (χ1v) is 5.38. The maximum absolute atomic E-state index is 12.2. The summed E-state index contributed by atoms with van der Waals surface area (Å²) >= 11 is 0. The third-order valence-electron chi connectivity index (χ3n) is 3.15. The molecule has 0 unspecified atom stereocenters. The van der Waals surface area contributed by atoms with Crippen molar-refractivity contribution in [2.24, 2.45) is 0 Å². The SMILES string of the molecule is O=C1c2ccccc2N[C@@]12CCCCO2. The third kappa shape index (κ3) is 1.20. The highest BCUT2D eigenvalue weighted by Crippen LogP contribution is 2.38. The molecule has 1 fully saturated rings. The molecule has 0 saturated carbocycles. The molecule has 1 N–H and O–H groups in total. The first kappa shape index (κ1) is 8.92. The van der Waals surface area contributed by atoms with Gasteiger partial charge in [0.05, 0.1) is 0 Å². The molecule has 1 aromatic rings. The second-order valence-electron chi connectivity index (χ2n) is 4.13. The molecular formula is C12H13NO2. The number of ketones is 1. The highest BCUT2D eigenvalue weighted by molar-refractivity contribution is 6.12. The van der Waals surface area contributed by atoms with Crippen LogP contribution in [0.15, 0.2) is 24.3 Å². The predicted molar refractivity (Wildman–Crippen MR) is 56.9 cm³/mol. The molecule has 0 radical (unpaired) electrons. The number of hydrogen-bond donors (Lipinski definition) is 1. The van der Waals surface area contributed by atoms with Crippen LogP contribution in [0, 0.1) is 0 Å². The molecule has 2 heterocycles. The molecule has 3 rings (SSSR count). The van der Waals surface area contributed by atoms with E-state index >= 15 is 0 Å². The number of carbonyl (C=O) groups is 1. The molecule has 1 saturated heterocycles. The molecule has 1 spiro atoms. The molecular weight excluding hydrogens is 190 g/mol. The fraction of sp³-hybridized carbons (Fsp3) is 0.417. The van der Waals surface area contributed by atoms with Gasteiger partial charge in [0.1, 0.15) is 0 Å². The Morgan fingerprint density at radius 1 is 1.27 bits per heavy atom. The number of hydrogen-bond acceptors (Lipinski definition) is 3. The zero-order valence-electron chi connectivity index (χ0n) is 8.45. The van der Waals surface area contributed by atoms with Crippen LogP contribution in [0.4, 0.5) is 5.69 Å². The van der Waals surface area contributed by atoms with Gasteiger partial charge < -0.3 is 10.1 Å². The van der Waals surface area contributed by atoms with Gasteiger partial charge in [-0.3, -0.25) is 4.79 Å². The summed E-state index contributed by atoms with van der Waals surface area (Å²) < 4.78 is 5.66. The lowest BCUT2D eigenvalue weighted by molar-refractivity contribution is -0.0337. The minimum absolute atomic E-state index is 0.0952. The molecule has 15 heavy (non-hydrogen) atoms. The van der Waals surface area contributed by atoms with Crippen molar-refractivity contribution in [3.05, 3.63) is 29.8 Å². The maximum Gasteiger partial charge on any atom is 0.217 e. The Bertz CT molecular complexity index is 408. The van der Waals surface area contributed by atoms with E-state index in [1.54, 1.807) is 0 Å². The maximum atomic E-state index is 12.2. The van der Waals surface area contributed by atoms with Gasteiger partial charge in [0, 0.05) is 24.3 Å². The number of nitrogens with one attached hydrogen (secondary N) is 1. The van der Waals surface area contributed by atoms with Gasteiger partial charge in [-0.25, -0.2) is 0 Å². The minimum Gasteiger partial charge on any atom is -0.351 e. The largest absolute Gasteiger partial charge is 0.351 e. The Balaban J connectivity index is 2.01. The first-order valence-electron chi connectivity index (χ1n) is 5.38. The molecule has 0 amide bonds. The van der Waals surface area contributed by atoms with Gasteiger partial charge in [-0.15, -0.1) is 0 Å². The fourth-order valence-electron chi connectivity index (χ4n) is 2.35. The van der Waals surface area contributed by atoms with Gasteiger partial charge >= 0.3 is 0 Å². The monoisotopic (exact) mass is 203 g/mol. The van der Waals surface area contributed by atoms with Crippen molar-refractivity contribution in [2.75, 3.05) is 11.9 Å². The second-order valence-corrected chi connectivity index (χ2v) is 4.13. The quantitative estimate of drug-likeness (QED) is 0.702. The summed E-state index contributed by atoms with van der Waals surface area (Å²) in [6.45, 7) is 0.673. The number of Topliss-reactive ketones (excluding diaryl/α,β-unsaturated/α-hetero) is 1. The van der Waals surface area contributed by atoms with Crippen molar-refractivity contribution in [3.63, 3.8) is 0 Å². The number of fused-ring (bicyclic) bond motifs is 1. The van der Waals surface area contributed by atoms with Gasteiger partial charge in [0.25, 0.3) is 0 Å². The molecule has 1 atom stereocenters. The van der Waals surface area contributed by atoms with E-state index in [4.69, 9.17) is 4.74 Å². The molecule has 0 aliphatic carbocycles. The molecule has 2 aliphatic rings. The highest BCUT2D eigenvalue weighted by atomic mass is 16.5. The Morgan fingerprint density at radius 3 is 2.87 bits per heavy atom. The summed E-state index contributed by atoms with van der Waals surface area (Å²) in [5, 5.41) is 3.23. The van der Waals surface area contributed by atoms with Crippen LogP contribution in [0.1, 0.15) is 29.6 Å². The van der Waals surface area contributed by atoms with Crippen molar-refractivity contribution < 1.29 is 9.53 Å². The molecule has 3 heteroatoms. The summed E-state index contributed by atoms with van der Waals surface area (Å²) in [6, 6.07) is 7.61. The van der Waals surface area contributed by atoms with E-state index in [1.807, 2.05) is 24.3 Å². The van der Waals surface area contributed by atoms with Crippen LogP contribution in [0.2, 0.25) is 0 Å². The van der Waals surface area contributed by atoms with E-state index in [1.165, 1.54) is 0 Å². The van der Waals surface area contributed by atoms with Crippen molar-refractivity contribution in [2.45, 2.75) is 25.0 Å². The van der Waals surface area contributed by atoms with Crippen LogP contribution < -0.4 is 5.32 Å². The van der Waals surface area contributed by atoms with Crippen molar-refractivity contribution in [1.29, 1.82) is 0 Å². The van der Waals surface area contributed by atoms with Crippen molar-refractivity contribution in [3.8, 4) is 0 Å². The lowest BCUT2D eigenvalue weighted by Gasteiger charge is -2.32. The first-order chi connectivity index (χ1) is 7.32. The number of ether oxygens (including phenoxy) is 1. The zero-order valence-corrected chi connectivity index (χ0v) is 8.45. The summed E-state index contributed by atoms with van der Waals surface area (Å²) in [4.78, 5) is 12.2. The Labute approximate surface area is 88.4 Å². The highest BCUT2D eigenvalue weighted by Gasteiger charge is 2.47. The number of anilines is 1. The normalized spacial score (nSPS) is 28.9. The topological polar surface area (TPSA) is 38.3 Å². The molecule has 78 valence electrons. The van der Waals surface area contributed by atoms with Gasteiger partial charge in [-0.2, -0.15) is 0 Å². The number of benzene rings is 1. The average molecular weight is 203 g/mol. The number of carbonyl (C=O) groups excluding carboxylic acids is 1. The van der Waals surface area contributed by atoms with Gasteiger partial charge in [-0.1, -0.05) is 12.1 Å². The fourth-order valence-corrected chi connectivity index (χ4v) is 2.35. The summed E-state index contributed by atoms with van der Waals surface area (Å²) in [7, 11) is 0.